The molecule has 2 amide bonds. The van der Waals surface area contributed by atoms with Gasteiger partial charge in [0.15, 0.2) is 17.5 Å². The number of nitrogens with one attached hydrogen (secondary N) is 1. The summed E-state index contributed by atoms with van der Waals surface area (Å²) in [5.74, 6) is 0.549. The van der Waals surface area contributed by atoms with Gasteiger partial charge in [0.2, 0.25) is 11.7 Å². The standard InChI is InChI=1S/C34H39FN10O4/c1-41(34(47)48)19-20-49-26-9-7-24(8-10-26)22-42-15-17-43(18-16-42)33-30(35)32(38-25-5-4-13-44(23-25)29(46)11-12-36)39-31(40-33)27-21-37-45-14-3-2-6-28(27)45/h2-3,6-10,14,21,25H,4-5,11,13,15-20,22-23H2,1H3,(H,47,48)(H,38,39,40)/t25-/m1/s1. The number of nitrogens with zero attached hydrogens (tertiary/aromatic N) is 9. The molecule has 256 valence electrons. The van der Waals surface area contributed by atoms with E-state index in [0.29, 0.717) is 63.0 Å². The van der Waals surface area contributed by atoms with Gasteiger partial charge in [0.1, 0.15) is 18.8 Å². The van der Waals surface area contributed by atoms with Crippen LogP contribution in [0, 0.1) is 17.1 Å². The number of carboxylic acid groups (broad SMARTS) is 1. The molecule has 2 fully saturated rings. The summed E-state index contributed by atoms with van der Waals surface area (Å²) in [5.41, 5.74) is 2.58. The van der Waals surface area contributed by atoms with E-state index in [1.54, 1.807) is 15.6 Å². The number of pyridine rings is 1. The maximum Gasteiger partial charge on any atom is 0.407 e. The molecule has 5 heterocycles. The molecule has 15 heteroatoms. The van der Waals surface area contributed by atoms with Gasteiger partial charge in [0.25, 0.3) is 0 Å². The number of rotatable bonds is 11. The summed E-state index contributed by atoms with van der Waals surface area (Å²) in [6.07, 6.45) is 3.80. The van der Waals surface area contributed by atoms with Crippen LogP contribution >= 0.6 is 0 Å². The zero-order valence-corrected chi connectivity index (χ0v) is 27.3. The Morgan fingerprint density at radius 1 is 1.12 bits per heavy atom. The Morgan fingerprint density at radius 2 is 1.92 bits per heavy atom. The number of piperazine rings is 1. The SMILES string of the molecule is CN(CCOc1ccc(CN2CCN(c3nc(-c4cnn5ccccc45)nc(N[C@@H]4CCCN(C(=O)CC#N)C4)c3F)CC2)cc1)C(=O)O. The monoisotopic (exact) mass is 670 g/mol. The summed E-state index contributed by atoms with van der Waals surface area (Å²) in [5, 5.41) is 25.7. The number of nitriles is 1. The predicted octanol–water partition coefficient (Wildman–Crippen LogP) is 3.56. The molecule has 1 aromatic carbocycles. The van der Waals surface area contributed by atoms with Gasteiger partial charge in [0.05, 0.1) is 29.9 Å². The van der Waals surface area contributed by atoms with Gasteiger partial charge >= 0.3 is 6.09 Å². The van der Waals surface area contributed by atoms with Crippen LogP contribution in [0.3, 0.4) is 0 Å². The fourth-order valence-corrected chi connectivity index (χ4v) is 6.13. The van der Waals surface area contributed by atoms with Crippen molar-refractivity contribution in [1.82, 2.24) is 34.3 Å². The second kappa shape index (κ2) is 15.2. The van der Waals surface area contributed by atoms with Crippen molar-refractivity contribution in [1.29, 1.82) is 5.26 Å². The zero-order chi connectivity index (χ0) is 34.3. The minimum Gasteiger partial charge on any atom is -0.492 e. The van der Waals surface area contributed by atoms with E-state index in [-0.39, 0.29) is 43.2 Å². The lowest BCUT2D eigenvalue weighted by Crippen LogP contribution is -2.47. The summed E-state index contributed by atoms with van der Waals surface area (Å²) in [6, 6.07) is 15.1. The van der Waals surface area contributed by atoms with Gasteiger partial charge in [-0.1, -0.05) is 18.2 Å². The summed E-state index contributed by atoms with van der Waals surface area (Å²) >= 11 is 0. The number of fused-ring (bicyclic) bond motifs is 1. The van der Waals surface area contributed by atoms with E-state index in [9.17, 15) is 9.59 Å². The number of hydrogen-bond donors (Lipinski definition) is 2. The normalized spacial score (nSPS) is 16.7. The molecule has 0 unspecified atom stereocenters. The molecule has 2 aliphatic heterocycles. The van der Waals surface area contributed by atoms with Gasteiger partial charge in [-0.25, -0.2) is 19.3 Å². The second-order valence-electron chi connectivity index (χ2n) is 12.2. The highest BCUT2D eigenvalue weighted by molar-refractivity contribution is 5.79. The van der Waals surface area contributed by atoms with E-state index in [2.05, 4.69) is 20.3 Å². The summed E-state index contributed by atoms with van der Waals surface area (Å²) in [6.45, 7) is 4.67. The Bertz CT molecular complexity index is 1820. The molecule has 0 saturated carbocycles. The second-order valence-corrected chi connectivity index (χ2v) is 12.2. The van der Waals surface area contributed by atoms with Crippen molar-refractivity contribution in [3.05, 3.63) is 66.2 Å². The number of benzene rings is 1. The summed E-state index contributed by atoms with van der Waals surface area (Å²) < 4.78 is 23.8. The molecule has 0 aliphatic carbocycles. The molecule has 4 aromatic rings. The number of anilines is 2. The number of carbonyl (C=O) groups is 2. The number of ether oxygens (including phenoxy) is 1. The maximum atomic E-state index is 16.3. The molecule has 6 rings (SSSR count). The fraction of sp³-hybridized carbons (Fsp3) is 0.412. The first-order valence-corrected chi connectivity index (χ1v) is 16.3. The van der Waals surface area contributed by atoms with Crippen LogP contribution < -0.4 is 15.0 Å². The van der Waals surface area contributed by atoms with Crippen molar-refractivity contribution in [2.24, 2.45) is 0 Å². The number of piperidine rings is 1. The third-order valence-electron chi connectivity index (χ3n) is 8.87. The molecule has 0 bridgehead atoms. The third-order valence-corrected chi connectivity index (χ3v) is 8.87. The number of halogens is 1. The Hall–Kier alpha value is -5.49. The zero-order valence-electron chi connectivity index (χ0n) is 27.3. The molecule has 2 N–H and O–H groups in total. The van der Waals surface area contributed by atoms with Crippen LogP contribution in [0.25, 0.3) is 16.9 Å². The van der Waals surface area contributed by atoms with E-state index >= 15 is 4.39 Å². The first-order chi connectivity index (χ1) is 23.8. The number of carbonyl (C=O) groups excluding carboxylic acids is 1. The highest BCUT2D eigenvalue weighted by Gasteiger charge is 2.29. The van der Waals surface area contributed by atoms with Crippen LogP contribution in [0.5, 0.6) is 5.75 Å². The van der Waals surface area contributed by atoms with Crippen LogP contribution in [0.4, 0.5) is 20.8 Å². The van der Waals surface area contributed by atoms with Crippen LogP contribution in [0.1, 0.15) is 24.8 Å². The average molecular weight is 671 g/mol. The van der Waals surface area contributed by atoms with Crippen molar-refractivity contribution in [3.63, 3.8) is 0 Å². The number of hydrogen-bond acceptors (Lipinski definition) is 10. The average Bonchev–Trinajstić information content (AvgIpc) is 3.55. The highest BCUT2D eigenvalue weighted by Crippen LogP contribution is 2.31. The van der Waals surface area contributed by atoms with E-state index in [4.69, 9.17) is 20.1 Å². The molecule has 1 atom stereocenters. The van der Waals surface area contributed by atoms with E-state index < -0.39 is 11.9 Å². The van der Waals surface area contributed by atoms with Crippen LogP contribution in [0.2, 0.25) is 0 Å². The van der Waals surface area contributed by atoms with E-state index in [0.717, 1.165) is 23.9 Å². The van der Waals surface area contributed by atoms with Crippen molar-refractivity contribution in [2.45, 2.75) is 31.8 Å². The van der Waals surface area contributed by atoms with Gasteiger partial charge in [-0.05, 0) is 42.7 Å². The lowest BCUT2D eigenvalue weighted by atomic mass is 10.1. The Labute approximate surface area is 283 Å². The van der Waals surface area contributed by atoms with Crippen LogP contribution in [-0.2, 0) is 11.3 Å². The molecule has 14 nitrogen and oxygen atoms in total. The Morgan fingerprint density at radius 3 is 2.67 bits per heavy atom. The lowest BCUT2D eigenvalue weighted by Gasteiger charge is -2.36. The van der Waals surface area contributed by atoms with Crippen molar-refractivity contribution in [2.75, 3.05) is 69.7 Å². The van der Waals surface area contributed by atoms with Gasteiger partial charge in [-0.2, -0.15) is 14.8 Å². The Kier molecular flexibility index (Phi) is 10.3. The molecule has 2 saturated heterocycles. The van der Waals surface area contributed by atoms with Crippen molar-refractivity contribution >= 4 is 29.2 Å². The van der Waals surface area contributed by atoms with Gasteiger partial charge in [0, 0.05) is 65.1 Å². The number of likely N-dealkylation sites (tertiary alicyclic amines) is 1. The van der Waals surface area contributed by atoms with Crippen LogP contribution in [-0.4, -0.2) is 117 Å². The molecule has 3 aromatic heterocycles. The van der Waals surface area contributed by atoms with E-state index in [1.165, 1.54) is 11.9 Å². The minimum atomic E-state index is -0.996. The predicted molar refractivity (Wildman–Crippen MR) is 180 cm³/mol. The first kappa shape index (κ1) is 33.4. The molecular formula is C34H39FN10O4. The highest BCUT2D eigenvalue weighted by atomic mass is 19.1. The Balaban J connectivity index is 1.15. The smallest absolute Gasteiger partial charge is 0.407 e. The quantitative estimate of drug-likeness (QED) is 0.241. The van der Waals surface area contributed by atoms with Gasteiger partial charge < -0.3 is 29.9 Å². The van der Waals surface area contributed by atoms with Crippen molar-refractivity contribution in [3.8, 4) is 23.2 Å². The minimum absolute atomic E-state index is 0.0780. The van der Waals surface area contributed by atoms with Crippen molar-refractivity contribution < 1.29 is 23.8 Å². The fourth-order valence-electron chi connectivity index (χ4n) is 6.13. The van der Waals surface area contributed by atoms with Gasteiger partial charge in [-0.3, -0.25) is 9.69 Å². The first-order valence-electron chi connectivity index (χ1n) is 16.3. The number of likely N-dealkylation sites (N-methyl/N-ethyl adjacent to an activating group) is 1. The van der Waals surface area contributed by atoms with Gasteiger partial charge in [-0.15, -0.1) is 0 Å². The summed E-state index contributed by atoms with van der Waals surface area (Å²) in [7, 11) is 1.50. The third kappa shape index (κ3) is 7.98. The topological polar surface area (TPSA) is 155 Å². The molecule has 49 heavy (non-hydrogen) atoms. The van der Waals surface area contributed by atoms with Crippen LogP contribution in [0.15, 0.2) is 54.9 Å². The molecule has 0 spiro atoms. The largest absolute Gasteiger partial charge is 0.492 e. The molecule has 2 aliphatic rings. The molecular weight excluding hydrogens is 631 g/mol. The van der Waals surface area contributed by atoms with E-state index in [1.807, 2.05) is 59.6 Å². The lowest BCUT2D eigenvalue weighted by molar-refractivity contribution is -0.131. The maximum absolute atomic E-state index is 16.3. The molecule has 0 radical (unpaired) electrons. The summed E-state index contributed by atoms with van der Waals surface area (Å²) in [4.78, 5) is 39.8. The number of amides is 2. The number of aromatic nitrogens is 4.